The van der Waals surface area contributed by atoms with Gasteiger partial charge >= 0.3 is 0 Å². The molecule has 0 fully saturated rings. The lowest BCUT2D eigenvalue weighted by molar-refractivity contribution is 0.598. The number of aryl methyl sites for hydroxylation is 2. The average molecular weight is 238 g/mol. The second kappa shape index (κ2) is 5.30. The summed E-state index contributed by atoms with van der Waals surface area (Å²) in [5.41, 5.74) is 3.04. The average Bonchev–Trinajstić information content (AvgIpc) is 2.20. The van der Waals surface area contributed by atoms with Crippen molar-refractivity contribution in [1.29, 1.82) is 0 Å². The first-order chi connectivity index (χ1) is 7.44. The molecule has 1 aromatic rings. The van der Waals surface area contributed by atoms with Gasteiger partial charge < -0.3 is 0 Å². The highest BCUT2D eigenvalue weighted by Crippen LogP contribution is 2.14. The van der Waals surface area contributed by atoms with Crippen LogP contribution in [0.2, 0.25) is 0 Å². The molecule has 0 spiro atoms. The molecule has 1 rings (SSSR count). The highest BCUT2D eigenvalue weighted by molar-refractivity contribution is 7.90. The smallest absolute Gasteiger partial charge is 0.157 e. The zero-order chi connectivity index (χ0) is 12.2. The van der Waals surface area contributed by atoms with Crippen molar-refractivity contribution in [1.82, 2.24) is 0 Å². The van der Waals surface area contributed by atoms with Crippen molar-refractivity contribution in [2.75, 3.05) is 5.75 Å². The molecule has 16 heavy (non-hydrogen) atoms. The molecule has 0 bridgehead atoms. The molecular formula is C13H18O2S. The molecule has 0 saturated heterocycles. The van der Waals surface area contributed by atoms with Gasteiger partial charge in [-0.3, -0.25) is 0 Å². The van der Waals surface area contributed by atoms with Crippen LogP contribution in [0.4, 0.5) is 0 Å². The third-order valence-corrected chi connectivity index (χ3v) is 3.92. The largest absolute Gasteiger partial charge is 0.228 e. The van der Waals surface area contributed by atoms with E-state index in [1.807, 2.05) is 39.0 Å². The maximum atomic E-state index is 11.8. The van der Waals surface area contributed by atoms with E-state index in [2.05, 4.69) is 0 Å². The Labute approximate surface area is 97.9 Å². The van der Waals surface area contributed by atoms with Crippen LogP contribution in [0.15, 0.2) is 30.4 Å². The van der Waals surface area contributed by atoms with Crippen LogP contribution in [0.1, 0.15) is 23.6 Å². The molecule has 0 aliphatic carbocycles. The highest BCUT2D eigenvalue weighted by Gasteiger charge is 2.11. The molecule has 0 atom stereocenters. The molecule has 0 heterocycles. The van der Waals surface area contributed by atoms with Gasteiger partial charge in [0.1, 0.15) is 0 Å². The second-order valence-electron chi connectivity index (χ2n) is 4.05. The summed E-state index contributed by atoms with van der Waals surface area (Å²) in [6.45, 7) is 5.74. The van der Waals surface area contributed by atoms with Crippen LogP contribution in [0.25, 0.3) is 0 Å². The van der Waals surface area contributed by atoms with Crippen molar-refractivity contribution in [3.05, 3.63) is 47.0 Å². The van der Waals surface area contributed by atoms with Gasteiger partial charge in [0, 0.05) is 0 Å². The van der Waals surface area contributed by atoms with Crippen molar-refractivity contribution < 1.29 is 8.42 Å². The first-order valence-electron chi connectivity index (χ1n) is 5.32. The molecule has 3 heteroatoms. The lowest BCUT2D eigenvalue weighted by atomic mass is 10.1. The third kappa shape index (κ3) is 3.81. The molecule has 0 unspecified atom stereocenters. The molecule has 1 aromatic carbocycles. The van der Waals surface area contributed by atoms with Crippen molar-refractivity contribution in [2.24, 2.45) is 0 Å². The Bertz CT molecular complexity index is 485. The van der Waals surface area contributed by atoms with Crippen LogP contribution in [0.5, 0.6) is 0 Å². The van der Waals surface area contributed by atoms with Gasteiger partial charge in [0.25, 0.3) is 0 Å². The summed E-state index contributed by atoms with van der Waals surface area (Å²) in [5.74, 6) is 0.252. The van der Waals surface area contributed by atoms with E-state index in [0.29, 0.717) is 0 Å². The minimum atomic E-state index is -3.02. The lowest BCUT2D eigenvalue weighted by Gasteiger charge is -2.07. The quantitative estimate of drug-likeness (QED) is 0.756. The van der Waals surface area contributed by atoms with Gasteiger partial charge in [-0.15, -0.1) is 0 Å². The van der Waals surface area contributed by atoms with Crippen LogP contribution in [-0.4, -0.2) is 14.2 Å². The lowest BCUT2D eigenvalue weighted by Crippen LogP contribution is -2.08. The molecule has 0 radical (unpaired) electrons. The molecule has 88 valence electrons. The van der Waals surface area contributed by atoms with Crippen molar-refractivity contribution in [3.63, 3.8) is 0 Å². The van der Waals surface area contributed by atoms with Crippen LogP contribution < -0.4 is 0 Å². The van der Waals surface area contributed by atoms with Gasteiger partial charge in [-0.05, 0) is 31.9 Å². The summed E-state index contributed by atoms with van der Waals surface area (Å²) in [4.78, 5) is 0. The molecule has 2 nitrogen and oxygen atoms in total. The first kappa shape index (κ1) is 13.0. The monoisotopic (exact) mass is 238 g/mol. The number of allylic oxidation sites excluding steroid dienone is 1. The number of rotatable bonds is 4. The van der Waals surface area contributed by atoms with Crippen LogP contribution in [0.3, 0.4) is 0 Å². The summed E-state index contributed by atoms with van der Waals surface area (Å²) >= 11 is 0. The standard InChI is InChI=1S/C13H18O2S/c1-4-5-8-16(14,15)10-13-9-11(2)6-7-12(13)3/h4-7,9H,8,10H2,1-3H3. The minimum Gasteiger partial charge on any atom is -0.228 e. The maximum Gasteiger partial charge on any atom is 0.157 e. The van der Waals surface area contributed by atoms with E-state index >= 15 is 0 Å². The number of hydrogen-bond acceptors (Lipinski definition) is 2. The Balaban J connectivity index is 2.92. The fraction of sp³-hybridized carbons (Fsp3) is 0.385. The molecule has 0 aromatic heterocycles. The maximum absolute atomic E-state index is 11.8. The Kier molecular flexibility index (Phi) is 4.30. The van der Waals surface area contributed by atoms with E-state index in [-0.39, 0.29) is 11.5 Å². The molecule has 0 N–H and O–H groups in total. The summed E-state index contributed by atoms with van der Waals surface area (Å²) in [7, 11) is -3.02. The Morgan fingerprint density at radius 3 is 2.56 bits per heavy atom. The van der Waals surface area contributed by atoms with Crippen molar-refractivity contribution in [3.8, 4) is 0 Å². The molecule has 0 amide bonds. The minimum absolute atomic E-state index is 0.122. The topological polar surface area (TPSA) is 34.1 Å². The molecular weight excluding hydrogens is 220 g/mol. The SMILES string of the molecule is CC=CCS(=O)(=O)Cc1cc(C)ccc1C. The first-order valence-corrected chi connectivity index (χ1v) is 7.14. The molecule has 0 saturated carbocycles. The van der Waals surface area contributed by atoms with Gasteiger partial charge in [0.15, 0.2) is 9.84 Å². The summed E-state index contributed by atoms with van der Waals surface area (Å²) in [6.07, 6.45) is 3.45. The van der Waals surface area contributed by atoms with Gasteiger partial charge in [-0.2, -0.15) is 0 Å². The fourth-order valence-electron chi connectivity index (χ4n) is 1.49. The van der Waals surface area contributed by atoms with E-state index in [9.17, 15) is 8.42 Å². The fourth-order valence-corrected chi connectivity index (χ4v) is 2.88. The molecule has 0 aliphatic rings. The number of hydrogen-bond donors (Lipinski definition) is 0. The Morgan fingerprint density at radius 1 is 1.25 bits per heavy atom. The van der Waals surface area contributed by atoms with Crippen LogP contribution >= 0.6 is 0 Å². The number of sulfone groups is 1. The second-order valence-corrected chi connectivity index (χ2v) is 6.16. The zero-order valence-corrected chi connectivity index (χ0v) is 10.8. The number of benzene rings is 1. The Morgan fingerprint density at radius 2 is 1.94 bits per heavy atom. The van der Waals surface area contributed by atoms with Gasteiger partial charge in [0.05, 0.1) is 11.5 Å². The zero-order valence-electron chi connectivity index (χ0n) is 10.0. The van der Waals surface area contributed by atoms with E-state index in [0.717, 1.165) is 16.7 Å². The van der Waals surface area contributed by atoms with Crippen molar-refractivity contribution in [2.45, 2.75) is 26.5 Å². The third-order valence-electron chi connectivity index (χ3n) is 2.47. The Hall–Kier alpha value is -1.09. The van der Waals surface area contributed by atoms with Crippen LogP contribution in [0, 0.1) is 13.8 Å². The predicted molar refractivity (Wildman–Crippen MR) is 68.2 cm³/mol. The summed E-state index contributed by atoms with van der Waals surface area (Å²) < 4.78 is 23.5. The summed E-state index contributed by atoms with van der Waals surface area (Å²) in [6, 6.07) is 5.91. The molecule has 0 aliphatic heterocycles. The normalized spacial score (nSPS) is 12.2. The van der Waals surface area contributed by atoms with Crippen molar-refractivity contribution >= 4 is 9.84 Å². The highest BCUT2D eigenvalue weighted by atomic mass is 32.2. The van der Waals surface area contributed by atoms with Gasteiger partial charge in [-0.25, -0.2) is 8.42 Å². The van der Waals surface area contributed by atoms with E-state index in [1.165, 1.54) is 0 Å². The van der Waals surface area contributed by atoms with E-state index in [1.54, 1.807) is 12.2 Å². The van der Waals surface area contributed by atoms with Gasteiger partial charge in [-0.1, -0.05) is 35.9 Å². The predicted octanol–water partition coefficient (Wildman–Crippen LogP) is 2.79. The van der Waals surface area contributed by atoms with E-state index in [4.69, 9.17) is 0 Å². The van der Waals surface area contributed by atoms with Gasteiger partial charge in [0.2, 0.25) is 0 Å². The van der Waals surface area contributed by atoms with Crippen LogP contribution in [-0.2, 0) is 15.6 Å². The summed E-state index contributed by atoms with van der Waals surface area (Å²) in [5, 5.41) is 0. The van der Waals surface area contributed by atoms with E-state index < -0.39 is 9.84 Å².